The maximum atomic E-state index is 6.34. The summed E-state index contributed by atoms with van der Waals surface area (Å²) in [6, 6.07) is 17.2. The molecular formula is C19H24ClN. The first kappa shape index (κ1) is 16.1. The predicted molar refractivity (Wildman–Crippen MR) is 92.0 cm³/mol. The van der Waals surface area contributed by atoms with E-state index in [1.54, 1.807) is 0 Å². The fraction of sp³-hybridized carbons (Fsp3) is 0.368. The molecule has 0 bridgehead atoms. The van der Waals surface area contributed by atoms with Gasteiger partial charge in [-0.1, -0.05) is 67.9 Å². The summed E-state index contributed by atoms with van der Waals surface area (Å²) in [5.41, 5.74) is 4.02. The zero-order chi connectivity index (χ0) is 15.1. The van der Waals surface area contributed by atoms with E-state index in [1.165, 1.54) is 16.7 Å². The van der Waals surface area contributed by atoms with Gasteiger partial charge in [-0.2, -0.15) is 0 Å². The summed E-state index contributed by atoms with van der Waals surface area (Å²) in [7, 11) is 0. The molecule has 0 saturated carbocycles. The maximum Gasteiger partial charge on any atom is 0.0438 e. The Bertz CT molecular complexity index is 565. The molecule has 2 aromatic carbocycles. The van der Waals surface area contributed by atoms with Gasteiger partial charge in [0.1, 0.15) is 0 Å². The monoisotopic (exact) mass is 301 g/mol. The van der Waals surface area contributed by atoms with E-state index in [4.69, 9.17) is 11.6 Å². The molecule has 1 unspecified atom stereocenters. The lowest BCUT2D eigenvalue weighted by Crippen LogP contribution is -2.25. The Morgan fingerprint density at radius 3 is 2.29 bits per heavy atom. The van der Waals surface area contributed by atoms with Crippen molar-refractivity contribution in [3.05, 3.63) is 70.2 Å². The Kier molecular flexibility index (Phi) is 6.28. The molecule has 0 amide bonds. The van der Waals surface area contributed by atoms with Crippen LogP contribution in [-0.2, 0) is 12.8 Å². The summed E-state index contributed by atoms with van der Waals surface area (Å²) in [4.78, 5) is 0. The van der Waals surface area contributed by atoms with Gasteiger partial charge in [0.05, 0.1) is 0 Å². The first-order valence-corrected chi connectivity index (χ1v) is 8.18. The average Bonchev–Trinajstić information content (AvgIpc) is 2.53. The van der Waals surface area contributed by atoms with Crippen LogP contribution in [0.4, 0.5) is 0 Å². The molecule has 0 radical (unpaired) electrons. The number of hydrogen-bond acceptors (Lipinski definition) is 1. The second-order valence-electron chi connectivity index (χ2n) is 5.35. The standard InChI is InChI=1S/C19H24ClN/c1-3-13-21-19(14-16-10-6-8-12-18(16)20)17-11-7-5-9-15(17)4-2/h5-12,19,21H,3-4,13-14H2,1-2H3. The number of nitrogens with one attached hydrogen (secondary N) is 1. The van der Waals surface area contributed by atoms with Gasteiger partial charge in [-0.05, 0) is 48.6 Å². The fourth-order valence-electron chi connectivity index (χ4n) is 2.69. The van der Waals surface area contributed by atoms with Crippen molar-refractivity contribution >= 4 is 11.6 Å². The van der Waals surface area contributed by atoms with Crippen molar-refractivity contribution in [2.45, 2.75) is 39.2 Å². The molecule has 0 aliphatic heterocycles. The highest BCUT2D eigenvalue weighted by atomic mass is 35.5. The average molecular weight is 302 g/mol. The number of hydrogen-bond donors (Lipinski definition) is 1. The van der Waals surface area contributed by atoms with E-state index in [1.807, 2.05) is 12.1 Å². The van der Waals surface area contributed by atoms with Gasteiger partial charge >= 0.3 is 0 Å². The SMILES string of the molecule is CCCNC(Cc1ccccc1Cl)c1ccccc1CC. The molecule has 112 valence electrons. The summed E-state index contributed by atoms with van der Waals surface area (Å²) in [5.74, 6) is 0. The van der Waals surface area contributed by atoms with Crippen LogP contribution in [0.25, 0.3) is 0 Å². The second kappa shape index (κ2) is 8.21. The molecule has 0 heterocycles. The molecule has 1 N–H and O–H groups in total. The van der Waals surface area contributed by atoms with Crippen LogP contribution in [-0.4, -0.2) is 6.54 Å². The van der Waals surface area contributed by atoms with Crippen LogP contribution in [0.1, 0.15) is 43.0 Å². The highest BCUT2D eigenvalue weighted by Gasteiger charge is 2.15. The molecule has 0 aliphatic carbocycles. The zero-order valence-electron chi connectivity index (χ0n) is 12.9. The normalized spacial score (nSPS) is 12.3. The number of halogens is 1. The highest BCUT2D eigenvalue weighted by molar-refractivity contribution is 6.31. The Labute approximate surface area is 133 Å². The van der Waals surface area contributed by atoms with Gasteiger partial charge in [0.15, 0.2) is 0 Å². The summed E-state index contributed by atoms with van der Waals surface area (Å²) in [5, 5.41) is 4.53. The molecule has 0 spiro atoms. The van der Waals surface area contributed by atoms with Gasteiger partial charge in [0, 0.05) is 11.1 Å². The zero-order valence-corrected chi connectivity index (χ0v) is 13.7. The van der Waals surface area contributed by atoms with Gasteiger partial charge < -0.3 is 5.32 Å². The van der Waals surface area contributed by atoms with Crippen molar-refractivity contribution < 1.29 is 0 Å². The van der Waals surface area contributed by atoms with Crippen molar-refractivity contribution in [3.8, 4) is 0 Å². The molecule has 1 nitrogen and oxygen atoms in total. The summed E-state index contributed by atoms with van der Waals surface area (Å²) >= 11 is 6.34. The van der Waals surface area contributed by atoms with Gasteiger partial charge in [0.25, 0.3) is 0 Å². The molecule has 1 atom stereocenters. The first-order chi connectivity index (χ1) is 10.3. The molecule has 2 rings (SSSR count). The molecule has 0 aromatic heterocycles. The minimum Gasteiger partial charge on any atom is -0.310 e. The Morgan fingerprint density at radius 2 is 1.62 bits per heavy atom. The largest absolute Gasteiger partial charge is 0.310 e. The van der Waals surface area contributed by atoms with Gasteiger partial charge in [0.2, 0.25) is 0 Å². The van der Waals surface area contributed by atoms with Crippen LogP contribution in [0, 0.1) is 0 Å². The molecule has 2 aromatic rings. The molecule has 21 heavy (non-hydrogen) atoms. The minimum atomic E-state index is 0.320. The van der Waals surface area contributed by atoms with E-state index >= 15 is 0 Å². The number of benzene rings is 2. The van der Waals surface area contributed by atoms with E-state index in [-0.39, 0.29) is 0 Å². The number of aryl methyl sites for hydroxylation is 1. The topological polar surface area (TPSA) is 12.0 Å². The molecular weight excluding hydrogens is 278 g/mol. The fourth-order valence-corrected chi connectivity index (χ4v) is 2.90. The first-order valence-electron chi connectivity index (χ1n) is 7.80. The van der Waals surface area contributed by atoms with Crippen LogP contribution < -0.4 is 5.32 Å². The van der Waals surface area contributed by atoms with Gasteiger partial charge in [-0.15, -0.1) is 0 Å². The maximum absolute atomic E-state index is 6.34. The van der Waals surface area contributed by atoms with Crippen molar-refractivity contribution in [2.24, 2.45) is 0 Å². The lowest BCUT2D eigenvalue weighted by atomic mass is 9.93. The van der Waals surface area contributed by atoms with Gasteiger partial charge in [-0.3, -0.25) is 0 Å². The van der Waals surface area contributed by atoms with Crippen LogP contribution in [0.15, 0.2) is 48.5 Å². The van der Waals surface area contributed by atoms with Crippen LogP contribution in [0.2, 0.25) is 5.02 Å². The summed E-state index contributed by atoms with van der Waals surface area (Å²) < 4.78 is 0. The van der Waals surface area contributed by atoms with E-state index < -0.39 is 0 Å². The minimum absolute atomic E-state index is 0.320. The highest BCUT2D eigenvalue weighted by Crippen LogP contribution is 2.26. The molecule has 2 heteroatoms. The van der Waals surface area contributed by atoms with Gasteiger partial charge in [-0.25, -0.2) is 0 Å². The predicted octanol–water partition coefficient (Wildman–Crippen LogP) is 5.19. The van der Waals surface area contributed by atoms with E-state index in [9.17, 15) is 0 Å². The molecule has 0 aliphatic rings. The van der Waals surface area contributed by atoms with Crippen molar-refractivity contribution in [1.29, 1.82) is 0 Å². The Morgan fingerprint density at radius 1 is 0.952 bits per heavy atom. The third kappa shape index (κ3) is 4.33. The Balaban J connectivity index is 2.28. The lowest BCUT2D eigenvalue weighted by molar-refractivity contribution is 0.526. The van der Waals surface area contributed by atoms with Crippen LogP contribution >= 0.6 is 11.6 Å². The smallest absolute Gasteiger partial charge is 0.0438 e. The lowest BCUT2D eigenvalue weighted by Gasteiger charge is -2.22. The van der Waals surface area contributed by atoms with Crippen LogP contribution in [0.5, 0.6) is 0 Å². The van der Waals surface area contributed by atoms with Crippen molar-refractivity contribution in [1.82, 2.24) is 5.32 Å². The second-order valence-corrected chi connectivity index (χ2v) is 5.76. The number of rotatable bonds is 7. The quantitative estimate of drug-likeness (QED) is 0.742. The van der Waals surface area contributed by atoms with E-state index in [0.717, 1.165) is 30.8 Å². The van der Waals surface area contributed by atoms with Crippen molar-refractivity contribution in [2.75, 3.05) is 6.54 Å². The third-order valence-corrected chi connectivity index (χ3v) is 4.20. The third-order valence-electron chi connectivity index (χ3n) is 3.83. The summed E-state index contributed by atoms with van der Waals surface area (Å²) in [6.07, 6.45) is 3.12. The Hall–Kier alpha value is -1.31. The van der Waals surface area contributed by atoms with E-state index in [2.05, 4.69) is 55.6 Å². The van der Waals surface area contributed by atoms with E-state index in [0.29, 0.717) is 6.04 Å². The summed E-state index contributed by atoms with van der Waals surface area (Å²) in [6.45, 7) is 5.43. The molecule has 0 fully saturated rings. The molecule has 0 saturated heterocycles. The van der Waals surface area contributed by atoms with Crippen molar-refractivity contribution in [3.63, 3.8) is 0 Å². The van der Waals surface area contributed by atoms with Crippen LogP contribution in [0.3, 0.4) is 0 Å².